The molecule has 4 N–H and O–H groups in total. The Morgan fingerprint density at radius 3 is 2.71 bits per heavy atom. The van der Waals surface area contributed by atoms with Gasteiger partial charge in [-0.3, -0.25) is 9.89 Å². The normalized spacial score (nSPS) is 22.4. The van der Waals surface area contributed by atoms with Crippen LogP contribution in [0.1, 0.15) is 43.6 Å². The number of allylic oxidation sites excluding steroid dienone is 1. The van der Waals surface area contributed by atoms with Gasteiger partial charge in [0.05, 0.1) is 42.6 Å². The van der Waals surface area contributed by atoms with Crippen LogP contribution in [0, 0.1) is 0 Å². The van der Waals surface area contributed by atoms with Crippen LogP contribution in [0.15, 0.2) is 35.2 Å². The number of hydrogen-bond acceptors (Lipinski definition) is 8. The number of piperidine rings is 1. The van der Waals surface area contributed by atoms with E-state index in [0.29, 0.717) is 23.6 Å². The number of nitrogens with two attached hydrogens (primary N) is 1. The van der Waals surface area contributed by atoms with Crippen molar-refractivity contribution in [2.24, 2.45) is 10.7 Å². The molecular weight excluding hydrogens is 475 g/mol. The molecule has 3 aliphatic rings. The van der Waals surface area contributed by atoms with Gasteiger partial charge in [0.2, 0.25) is 5.95 Å². The number of likely N-dealkylation sites (tertiary alicyclic amines) is 1. The molecule has 2 aromatic rings. The van der Waals surface area contributed by atoms with Gasteiger partial charge in [0.25, 0.3) is 0 Å². The minimum Gasteiger partial charge on any atom is -0.403 e. The summed E-state index contributed by atoms with van der Waals surface area (Å²) in [7, 11) is 0. The molecule has 2 aliphatic heterocycles. The molecule has 0 atom stereocenters. The van der Waals surface area contributed by atoms with E-state index in [1.807, 2.05) is 6.07 Å². The fraction of sp³-hybridized carbons (Fsp3) is 0.542. The molecule has 2 saturated heterocycles. The molecule has 1 aromatic heterocycles. The molecule has 8 nitrogen and oxygen atoms in total. The van der Waals surface area contributed by atoms with Crippen molar-refractivity contribution in [3.8, 4) is 0 Å². The summed E-state index contributed by atoms with van der Waals surface area (Å²) in [5, 5.41) is 15.1. The summed E-state index contributed by atoms with van der Waals surface area (Å²) in [6.45, 7) is 4.06. The zero-order valence-corrected chi connectivity index (χ0v) is 20.5. The Balaban J connectivity index is 1.30. The third-order valence-corrected chi connectivity index (χ3v) is 7.89. The zero-order chi connectivity index (χ0) is 23.7. The van der Waals surface area contributed by atoms with Gasteiger partial charge >= 0.3 is 0 Å². The number of nitrogens with one attached hydrogen (secondary N) is 1. The number of rotatable bonds is 7. The highest BCUT2D eigenvalue weighted by Crippen LogP contribution is 2.36. The molecule has 1 aromatic carbocycles. The Kier molecular flexibility index (Phi) is 6.95. The van der Waals surface area contributed by atoms with E-state index in [9.17, 15) is 5.11 Å². The lowest BCUT2D eigenvalue weighted by Gasteiger charge is -2.41. The highest BCUT2D eigenvalue weighted by molar-refractivity contribution is 6.69. The number of nitrogens with zero attached hydrogens (tertiary/aromatic N) is 4. The molecule has 5 rings (SSSR count). The second-order valence-corrected chi connectivity index (χ2v) is 10.3. The van der Waals surface area contributed by atoms with Gasteiger partial charge in [0.15, 0.2) is 0 Å². The highest BCUT2D eigenvalue weighted by atomic mass is 35.5. The number of fused-ring (bicyclic) bond motifs is 1. The van der Waals surface area contributed by atoms with Crippen molar-refractivity contribution in [1.29, 1.82) is 0 Å². The molecule has 0 amide bonds. The Labute approximate surface area is 209 Å². The zero-order valence-electron chi connectivity index (χ0n) is 19.0. The van der Waals surface area contributed by atoms with E-state index in [2.05, 4.69) is 31.2 Å². The average Bonchev–Trinajstić information content (AvgIpc) is 2.79. The maximum Gasteiger partial charge on any atom is 0.227 e. The largest absolute Gasteiger partial charge is 0.403 e. The summed E-state index contributed by atoms with van der Waals surface area (Å²) >= 11 is 13.0. The van der Waals surface area contributed by atoms with E-state index < -0.39 is 5.60 Å². The standard InChI is InChI=1S/C24H30Cl2N6O2/c25-19-8-16-11-28-23(31-21(10-27)22(26)29-14-24(33)4-1-5-24)30-20(16)9-18(19)15-2-6-32(7-3-15)17-12-34-13-17/h8-11,15,17,33H,1-7,12-14,27H2,(H,28,30,31). The molecule has 10 heteroatoms. The maximum atomic E-state index is 10.3. The Bertz CT molecular complexity index is 1110. The van der Waals surface area contributed by atoms with Crippen LogP contribution in [-0.2, 0) is 4.74 Å². The molecule has 1 saturated carbocycles. The van der Waals surface area contributed by atoms with Crippen molar-refractivity contribution < 1.29 is 9.84 Å². The number of ether oxygens (including phenoxy) is 1. The SMILES string of the molecule is NC=C(Nc1ncc2cc(Cl)c(C3CCN(C4COC4)CC3)cc2n1)C(Cl)=NCC1(O)CCC1. The summed E-state index contributed by atoms with van der Waals surface area (Å²) in [6.07, 6.45) is 7.68. The predicted molar refractivity (Wildman–Crippen MR) is 136 cm³/mol. The van der Waals surface area contributed by atoms with Crippen molar-refractivity contribution in [3.63, 3.8) is 0 Å². The van der Waals surface area contributed by atoms with Gasteiger partial charge in [0, 0.05) is 22.8 Å². The van der Waals surface area contributed by atoms with Crippen LogP contribution < -0.4 is 11.1 Å². The Morgan fingerprint density at radius 2 is 2.09 bits per heavy atom. The fourth-order valence-electron chi connectivity index (χ4n) is 4.78. The average molecular weight is 505 g/mol. The molecule has 0 unspecified atom stereocenters. The van der Waals surface area contributed by atoms with Gasteiger partial charge in [-0.1, -0.05) is 23.2 Å². The quantitative estimate of drug-likeness (QED) is 0.493. The first-order valence-electron chi connectivity index (χ1n) is 11.8. The third kappa shape index (κ3) is 5.02. The summed E-state index contributed by atoms with van der Waals surface area (Å²) < 4.78 is 5.34. The number of aromatic nitrogens is 2. The number of aliphatic imine (C=N–C) groups is 1. The van der Waals surface area contributed by atoms with Gasteiger partial charge in [-0.25, -0.2) is 9.97 Å². The molecule has 3 heterocycles. The first-order valence-corrected chi connectivity index (χ1v) is 12.6. The highest BCUT2D eigenvalue weighted by Gasteiger charge is 2.34. The van der Waals surface area contributed by atoms with Crippen LogP contribution in [0.4, 0.5) is 5.95 Å². The van der Waals surface area contributed by atoms with E-state index in [-0.39, 0.29) is 11.7 Å². The van der Waals surface area contributed by atoms with Crippen molar-refractivity contribution >= 4 is 45.2 Å². The van der Waals surface area contributed by atoms with Crippen molar-refractivity contribution in [2.75, 3.05) is 38.2 Å². The Hall–Kier alpha value is -1.97. The molecular formula is C24H30Cl2N6O2. The topological polar surface area (TPSA) is 109 Å². The van der Waals surface area contributed by atoms with E-state index >= 15 is 0 Å². The summed E-state index contributed by atoms with van der Waals surface area (Å²) in [4.78, 5) is 15.9. The van der Waals surface area contributed by atoms with E-state index in [0.717, 1.165) is 79.9 Å². The van der Waals surface area contributed by atoms with Crippen molar-refractivity contribution in [3.05, 3.63) is 40.8 Å². The molecule has 182 valence electrons. The monoisotopic (exact) mass is 504 g/mol. The number of hydrogen-bond donors (Lipinski definition) is 3. The van der Waals surface area contributed by atoms with Crippen LogP contribution in [0.5, 0.6) is 0 Å². The van der Waals surface area contributed by atoms with E-state index in [1.54, 1.807) is 6.20 Å². The van der Waals surface area contributed by atoms with Crippen LogP contribution in [0.2, 0.25) is 5.02 Å². The van der Waals surface area contributed by atoms with Crippen molar-refractivity contribution in [2.45, 2.75) is 49.7 Å². The second kappa shape index (κ2) is 9.95. The van der Waals surface area contributed by atoms with E-state index in [4.69, 9.17) is 33.7 Å². The van der Waals surface area contributed by atoms with Crippen molar-refractivity contribution in [1.82, 2.24) is 14.9 Å². The Morgan fingerprint density at radius 1 is 1.32 bits per heavy atom. The van der Waals surface area contributed by atoms with Crippen LogP contribution in [0.25, 0.3) is 10.9 Å². The number of benzene rings is 1. The third-order valence-electron chi connectivity index (χ3n) is 7.24. The molecule has 3 fully saturated rings. The van der Waals surface area contributed by atoms with Gasteiger partial charge < -0.3 is 20.9 Å². The molecule has 0 bridgehead atoms. The summed E-state index contributed by atoms with van der Waals surface area (Å²) in [5.74, 6) is 0.770. The lowest BCUT2D eigenvalue weighted by atomic mass is 9.80. The van der Waals surface area contributed by atoms with Gasteiger partial charge in [-0.05, 0) is 68.8 Å². The van der Waals surface area contributed by atoms with Crippen LogP contribution in [0.3, 0.4) is 0 Å². The van der Waals surface area contributed by atoms with E-state index in [1.165, 1.54) is 6.20 Å². The van der Waals surface area contributed by atoms with Gasteiger partial charge in [-0.2, -0.15) is 0 Å². The summed E-state index contributed by atoms with van der Waals surface area (Å²) in [6, 6.07) is 4.59. The minimum atomic E-state index is -0.753. The fourth-order valence-corrected chi connectivity index (χ4v) is 5.27. The lowest BCUT2D eigenvalue weighted by molar-refractivity contribution is -0.0712. The molecule has 1 aliphatic carbocycles. The predicted octanol–water partition coefficient (Wildman–Crippen LogP) is 3.63. The van der Waals surface area contributed by atoms with Gasteiger partial charge in [0.1, 0.15) is 5.17 Å². The number of aliphatic hydroxyl groups is 1. The lowest BCUT2D eigenvalue weighted by Crippen LogP contribution is -2.51. The molecule has 34 heavy (non-hydrogen) atoms. The first kappa shape index (κ1) is 23.8. The molecule has 0 spiro atoms. The summed E-state index contributed by atoms with van der Waals surface area (Å²) in [5.41, 5.74) is 7.35. The maximum absolute atomic E-state index is 10.3. The number of halogens is 2. The van der Waals surface area contributed by atoms with Gasteiger partial charge in [-0.15, -0.1) is 0 Å². The first-order chi connectivity index (χ1) is 16.4. The number of anilines is 1. The smallest absolute Gasteiger partial charge is 0.227 e. The van der Waals surface area contributed by atoms with Crippen LogP contribution >= 0.6 is 23.2 Å². The van der Waals surface area contributed by atoms with Crippen LogP contribution in [-0.4, -0.2) is 69.6 Å². The second-order valence-electron chi connectivity index (χ2n) is 9.52. The minimum absolute atomic E-state index is 0.187. The molecule has 0 radical (unpaired) electrons.